The lowest BCUT2D eigenvalue weighted by molar-refractivity contribution is 0.0852. The van der Waals surface area contributed by atoms with E-state index in [9.17, 15) is 9.50 Å². The molecule has 0 aromatic heterocycles. The van der Waals surface area contributed by atoms with Crippen LogP contribution >= 0.6 is 0 Å². The van der Waals surface area contributed by atoms with E-state index in [0.717, 1.165) is 37.7 Å². The Labute approximate surface area is 82.3 Å². The van der Waals surface area contributed by atoms with Gasteiger partial charge in [-0.3, -0.25) is 0 Å². The van der Waals surface area contributed by atoms with E-state index >= 15 is 0 Å². The van der Waals surface area contributed by atoms with Crippen LogP contribution in [0, 0.1) is 5.82 Å². The summed E-state index contributed by atoms with van der Waals surface area (Å²) in [6.45, 7) is 1.45. The Hall–Kier alpha value is -1.09. The highest BCUT2D eigenvalue weighted by Gasteiger charge is 2.16. The summed E-state index contributed by atoms with van der Waals surface area (Å²) in [5.74, 6) is -0.0386. The van der Waals surface area contributed by atoms with Gasteiger partial charge in [-0.25, -0.2) is 4.39 Å². The van der Waals surface area contributed by atoms with Gasteiger partial charge in [-0.15, -0.1) is 0 Å². The second kappa shape index (κ2) is 3.96. The van der Waals surface area contributed by atoms with Gasteiger partial charge in [0.05, 0.1) is 0 Å². The van der Waals surface area contributed by atoms with Crippen LogP contribution in [0.25, 0.3) is 0 Å². The van der Waals surface area contributed by atoms with E-state index < -0.39 is 0 Å². The number of hydrogen-bond acceptors (Lipinski definition) is 2. The van der Waals surface area contributed by atoms with Gasteiger partial charge in [0.15, 0.2) is 0 Å². The van der Waals surface area contributed by atoms with Crippen molar-refractivity contribution in [1.29, 1.82) is 0 Å². The fourth-order valence-electron chi connectivity index (χ4n) is 1.86. The van der Waals surface area contributed by atoms with Crippen molar-refractivity contribution in [2.75, 3.05) is 13.2 Å². The molecule has 14 heavy (non-hydrogen) atoms. The van der Waals surface area contributed by atoms with Gasteiger partial charge in [0.1, 0.15) is 11.6 Å². The maximum absolute atomic E-state index is 13.0. The minimum absolute atomic E-state index is 0.00601. The van der Waals surface area contributed by atoms with Gasteiger partial charge in [-0.1, -0.05) is 0 Å². The largest absolute Gasteiger partial charge is 0.508 e. The quantitative estimate of drug-likeness (QED) is 0.747. The summed E-state index contributed by atoms with van der Waals surface area (Å²) < 4.78 is 18.2. The topological polar surface area (TPSA) is 29.5 Å². The summed E-state index contributed by atoms with van der Waals surface area (Å²) in [6.07, 6.45) is 1.81. The molecule has 1 aliphatic rings. The molecule has 2 nitrogen and oxygen atoms in total. The molecule has 0 amide bonds. The number of aromatic hydroxyl groups is 1. The smallest absolute Gasteiger partial charge is 0.127 e. The number of rotatable bonds is 1. The Balaban J connectivity index is 2.21. The van der Waals surface area contributed by atoms with Crippen LogP contribution in [0.5, 0.6) is 5.75 Å². The van der Waals surface area contributed by atoms with Crippen LogP contribution < -0.4 is 0 Å². The molecule has 0 radical (unpaired) electrons. The second-order valence-electron chi connectivity index (χ2n) is 3.63. The van der Waals surface area contributed by atoms with Gasteiger partial charge in [0.2, 0.25) is 0 Å². The molecule has 2 rings (SSSR count). The molecule has 1 heterocycles. The summed E-state index contributed by atoms with van der Waals surface area (Å²) in [4.78, 5) is 0. The van der Waals surface area contributed by atoms with Crippen molar-refractivity contribution >= 4 is 0 Å². The third-order valence-corrected chi connectivity index (χ3v) is 2.60. The molecular formula is C11H13FO2. The summed E-state index contributed by atoms with van der Waals surface area (Å²) >= 11 is 0. The molecule has 1 N–H and O–H groups in total. The lowest BCUT2D eigenvalue weighted by Crippen LogP contribution is -2.14. The zero-order chi connectivity index (χ0) is 9.97. The lowest BCUT2D eigenvalue weighted by atomic mass is 9.91. The molecule has 0 aliphatic carbocycles. The lowest BCUT2D eigenvalue weighted by Gasteiger charge is -2.22. The van der Waals surface area contributed by atoms with E-state index in [2.05, 4.69) is 0 Å². The molecule has 76 valence electrons. The van der Waals surface area contributed by atoms with E-state index in [1.54, 1.807) is 6.07 Å². The molecule has 0 atom stereocenters. The van der Waals surface area contributed by atoms with Crippen LogP contribution in [0.15, 0.2) is 18.2 Å². The third kappa shape index (κ3) is 2.04. The van der Waals surface area contributed by atoms with Crippen molar-refractivity contribution in [1.82, 2.24) is 0 Å². The van der Waals surface area contributed by atoms with E-state index in [0.29, 0.717) is 5.92 Å². The monoisotopic (exact) mass is 196 g/mol. The molecular weight excluding hydrogens is 183 g/mol. The van der Waals surface area contributed by atoms with Crippen LogP contribution in [0.2, 0.25) is 0 Å². The van der Waals surface area contributed by atoms with Crippen LogP contribution in [-0.4, -0.2) is 18.3 Å². The number of halogens is 1. The first kappa shape index (κ1) is 9.46. The van der Waals surface area contributed by atoms with Gasteiger partial charge in [0.25, 0.3) is 0 Å². The fourth-order valence-corrected chi connectivity index (χ4v) is 1.86. The van der Waals surface area contributed by atoms with Crippen molar-refractivity contribution < 1.29 is 14.2 Å². The van der Waals surface area contributed by atoms with Crippen molar-refractivity contribution in [2.24, 2.45) is 0 Å². The molecule has 1 aromatic rings. The Morgan fingerprint density at radius 1 is 1.21 bits per heavy atom. The second-order valence-corrected chi connectivity index (χ2v) is 3.63. The van der Waals surface area contributed by atoms with Crippen LogP contribution in [0.4, 0.5) is 4.39 Å². The Morgan fingerprint density at radius 3 is 2.57 bits per heavy atom. The molecule has 0 bridgehead atoms. The molecule has 0 saturated carbocycles. The Morgan fingerprint density at radius 2 is 1.93 bits per heavy atom. The minimum Gasteiger partial charge on any atom is -0.508 e. The molecule has 3 heteroatoms. The molecule has 1 aromatic carbocycles. The SMILES string of the molecule is Oc1cc(F)cc(C2CCOCC2)c1. The predicted molar refractivity (Wildman–Crippen MR) is 50.9 cm³/mol. The first-order valence-electron chi connectivity index (χ1n) is 4.83. The summed E-state index contributed by atoms with van der Waals surface area (Å²) in [7, 11) is 0. The van der Waals surface area contributed by atoms with Gasteiger partial charge in [-0.2, -0.15) is 0 Å². The van der Waals surface area contributed by atoms with Crippen molar-refractivity contribution in [3.05, 3.63) is 29.6 Å². The average molecular weight is 196 g/mol. The molecule has 1 aliphatic heterocycles. The highest BCUT2D eigenvalue weighted by atomic mass is 19.1. The van der Waals surface area contributed by atoms with Gasteiger partial charge < -0.3 is 9.84 Å². The normalized spacial score (nSPS) is 18.4. The number of hydrogen-bond donors (Lipinski definition) is 1. The highest BCUT2D eigenvalue weighted by Crippen LogP contribution is 2.29. The molecule has 1 saturated heterocycles. The molecule has 0 unspecified atom stereocenters. The zero-order valence-corrected chi connectivity index (χ0v) is 7.87. The minimum atomic E-state index is -0.369. The average Bonchev–Trinajstić information content (AvgIpc) is 2.18. The van der Waals surface area contributed by atoms with E-state index in [1.807, 2.05) is 0 Å². The predicted octanol–water partition coefficient (Wildman–Crippen LogP) is 2.43. The van der Waals surface area contributed by atoms with Crippen molar-refractivity contribution in [3.8, 4) is 5.75 Å². The Bertz CT molecular complexity index is 299. The summed E-state index contributed by atoms with van der Waals surface area (Å²) in [6, 6.07) is 4.26. The van der Waals surface area contributed by atoms with Crippen LogP contribution in [0.1, 0.15) is 24.3 Å². The molecule has 1 fully saturated rings. The van der Waals surface area contributed by atoms with E-state index in [4.69, 9.17) is 4.74 Å². The zero-order valence-electron chi connectivity index (χ0n) is 7.87. The number of benzene rings is 1. The maximum atomic E-state index is 13.0. The van der Waals surface area contributed by atoms with Crippen molar-refractivity contribution in [3.63, 3.8) is 0 Å². The number of ether oxygens (including phenoxy) is 1. The van der Waals surface area contributed by atoms with Crippen LogP contribution in [-0.2, 0) is 4.74 Å². The third-order valence-electron chi connectivity index (χ3n) is 2.60. The number of phenolic OH excluding ortho intramolecular Hbond substituents is 1. The standard InChI is InChI=1S/C11H13FO2/c12-10-5-9(6-11(13)7-10)8-1-3-14-4-2-8/h5-8,13H,1-4H2. The van der Waals surface area contributed by atoms with Gasteiger partial charge in [0, 0.05) is 19.3 Å². The Kier molecular flexibility index (Phi) is 2.68. The molecule has 0 spiro atoms. The van der Waals surface area contributed by atoms with E-state index in [1.165, 1.54) is 6.07 Å². The highest BCUT2D eigenvalue weighted by molar-refractivity contribution is 5.30. The summed E-state index contributed by atoms with van der Waals surface area (Å²) in [5, 5.41) is 9.25. The van der Waals surface area contributed by atoms with Crippen LogP contribution in [0.3, 0.4) is 0 Å². The van der Waals surface area contributed by atoms with Crippen molar-refractivity contribution in [2.45, 2.75) is 18.8 Å². The van der Waals surface area contributed by atoms with E-state index in [-0.39, 0.29) is 11.6 Å². The maximum Gasteiger partial charge on any atom is 0.127 e. The first-order chi connectivity index (χ1) is 6.75. The number of phenols is 1. The van der Waals surface area contributed by atoms with Gasteiger partial charge in [-0.05, 0) is 36.5 Å². The fraction of sp³-hybridized carbons (Fsp3) is 0.455. The first-order valence-corrected chi connectivity index (χ1v) is 4.83. The summed E-state index contributed by atoms with van der Waals surface area (Å²) in [5.41, 5.74) is 0.880. The van der Waals surface area contributed by atoms with Gasteiger partial charge >= 0.3 is 0 Å².